The summed E-state index contributed by atoms with van der Waals surface area (Å²) in [6.45, 7) is 4.70. The van der Waals surface area contributed by atoms with Crippen LogP contribution in [0.3, 0.4) is 0 Å². The number of ether oxygens (including phenoxy) is 2. The predicted octanol–water partition coefficient (Wildman–Crippen LogP) is 1.44. The van der Waals surface area contributed by atoms with Gasteiger partial charge >= 0.3 is 0 Å². The molecule has 6 nitrogen and oxygen atoms in total. The molecular formula is C15H22N4O2. The van der Waals surface area contributed by atoms with Gasteiger partial charge in [0, 0.05) is 27.2 Å². The summed E-state index contributed by atoms with van der Waals surface area (Å²) in [6.07, 6.45) is 1.75. The minimum absolute atomic E-state index is 0.491. The van der Waals surface area contributed by atoms with Crippen LogP contribution in [0.15, 0.2) is 24.4 Å². The zero-order chi connectivity index (χ0) is 15.1. The number of pyridine rings is 1. The Bertz CT molecular complexity index is 551. The topological polar surface area (TPSA) is 61.2 Å². The van der Waals surface area contributed by atoms with Crippen molar-refractivity contribution in [1.82, 2.24) is 20.1 Å². The van der Waals surface area contributed by atoms with Crippen molar-refractivity contribution in [2.75, 3.05) is 20.3 Å². The van der Waals surface area contributed by atoms with E-state index in [1.807, 2.05) is 36.9 Å². The molecule has 0 amide bonds. The van der Waals surface area contributed by atoms with Crippen molar-refractivity contribution in [1.29, 1.82) is 0 Å². The van der Waals surface area contributed by atoms with E-state index in [9.17, 15) is 0 Å². The summed E-state index contributed by atoms with van der Waals surface area (Å²) >= 11 is 0. The summed E-state index contributed by atoms with van der Waals surface area (Å²) in [7, 11) is 3.61. The van der Waals surface area contributed by atoms with Crippen LogP contribution in [-0.4, -0.2) is 35.0 Å². The maximum absolute atomic E-state index is 5.72. The number of hydrogen-bond donors (Lipinski definition) is 1. The van der Waals surface area contributed by atoms with Gasteiger partial charge in [-0.05, 0) is 25.1 Å². The zero-order valence-electron chi connectivity index (χ0n) is 12.8. The smallest absolute Gasteiger partial charge is 0.138 e. The van der Waals surface area contributed by atoms with Gasteiger partial charge in [-0.25, -0.2) is 0 Å². The molecule has 0 aliphatic carbocycles. The molecule has 114 valence electrons. The van der Waals surface area contributed by atoms with Gasteiger partial charge in [0.15, 0.2) is 0 Å². The monoisotopic (exact) mass is 290 g/mol. The normalized spacial score (nSPS) is 10.8. The average Bonchev–Trinajstić information content (AvgIpc) is 2.81. The third kappa shape index (κ3) is 4.84. The molecule has 0 aliphatic rings. The Kier molecular flexibility index (Phi) is 5.71. The molecule has 0 bridgehead atoms. The van der Waals surface area contributed by atoms with Crippen molar-refractivity contribution in [3.63, 3.8) is 0 Å². The third-order valence-electron chi connectivity index (χ3n) is 3.07. The van der Waals surface area contributed by atoms with Gasteiger partial charge in [-0.1, -0.05) is 0 Å². The number of methoxy groups -OCH3 is 1. The van der Waals surface area contributed by atoms with Crippen molar-refractivity contribution in [2.45, 2.75) is 20.1 Å². The van der Waals surface area contributed by atoms with E-state index >= 15 is 0 Å². The molecule has 0 radical (unpaired) electrons. The van der Waals surface area contributed by atoms with Crippen LogP contribution >= 0.6 is 0 Å². The van der Waals surface area contributed by atoms with Crippen LogP contribution in [0.25, 0.3) is 0 Å². The van der Waals surface area contributed by atoms with Crippen LogP contribution < -0.4 is 10.1 Å². The minimum Gasteiger partial charge on any atom is -0.486 e. The fraction of sp³-hybridized carbons (Fsp3) is 0.467. The molecule has 2 aromatic rings. The molecule has 0 unspecified atom stereocenters. The van der Waals surface area contributed by atoms with Crippen molar-refractivity contribution in [2.24, 2.45) is 7.05 Å². The van der Waals surface area contributed by atoms with Crippen molar-refractivity contribution >= 4 is 0 Å². The standard InChI is InChI=1S/C15H22N4O2/c1-12-8-14(19(2)18-12)11-21-15-5-4-13(17-10-15)9-16-6-7-20-3/h4-5,8,10,16H,6-7,9,11H2,1-3H3. The number of rotatable bonds is 8. The van der Waals surface area contributed by atoms with Crippen molar-refractivity contribution in [3.8, 4) is 5.75 Å². The van der Waals surface area contributed by atoms with Crippen LogP contribution in [-0.2, 0) is 24.9 Å². The van der Waals surface area contributed by atoms with Crippen LogP contribution in [0.5, 0.6) is 5.75 Å². The number of hydrogen-bond acceptors (Lipinski definition) is 5. The zero-order valence-corrected chi connectivity index (χ0v) is 12.8. The number of nitrogens with zero attached hydrogens (tertiary/aromatic N) is 3. The molecule has 2 rings (SSSR count). The number of aryl methyl sites for hydroxylation is 2. The van der Waals surface area contributed by atoms with Gasteiger partial charge in [-0.3, -0.25) is 9.67 Å². The second kappa shape index (κ2) is 7.75. The van der Waals surface area contributed by atoms with Crippen LogP contribution in [0.1, 0.15) is 17.1 Å². The first kappa shape index (κ1) is 15.5. The van der Waals surface area contributed by atoms with Crippen molar-refractivity contribution in [3.05, 3.63) is 41.5 Å². The summed E-state index contributed by atoms with van der Waals surface area (Å²) < 4.78 is 12.5. The second-order valence-corrected chi connectivity index (χ2v) is 4.84. The summed E-state index contributed by atoms with van der Waals surface area (Å²) in [5, 5.41) is 7.54. The lowest BCUT2D eigenvalue weighted by Crippen LogP contribution is -2.19. The molecular weight excluding hydrogens is 268 g/mol. The summed E-state index contributed by atoms with van der Waals surface area (Å²) in [6, 6.07) is 5.91. The SMILES string of the molecule is COCCNCc1ccc(OCc2cc(C)nn2C)cn1. The Balaban J connectivity index is 1.80. The fourth-order valence-corrected chi connectivity index (χ4v) is 1.95. The molecule has 0 fully saturated rings. The Morgan fingerprint density at radius 2 is 2.19 bits per heavy atom. The second-order valence-electron chi connectivity index (χ2n) is 4.84. The Labute approximate surface area is 125 Å². The molecule has 0 aliphatic heterocycles. The van der Waals surface area contributed by atoms with E-state index in [0.29, 0.717) is 13.2 Å². The molecule has 21 heavy (non-hydrogen) atoms. The van der Waals surface area contributed by atoms with E-state index in [2.05, 4.69) is 15.4 Å². The van der Waals surface area contributed by atoms with E-state index in [1.165, 1.54) is 0 Å². The summed E-state index contributed by atoms with van der Waals surface area (Å²) in [5.74, 6) is 0.759. The average molecular weight is 290 g/mol. The number of nitrogens with one attached hydrogen (secondary N) is 1. The first-order valence-corrected chi connectivity index (χ1v) is 6.96. The first-order valence-electron chi connectivity index (χ1n) is 6.96. The highest BCUT2D eigenvalue weighted by Crippen LogP contribution is 2.12. The van der Waals surface area contributed by atoms with Gasteiger partial charge in [0.2, 0.25) is 0 Å². The maximum Gasteiger partial charge on any atom is 0.138 e. The molecule has 0 spiro atoms. The van der Waals surface area contributed by atoms with Crippen LogP contribution in [0.2, 0.25) is 0 Å². The Hall–Kier alpha value is -1.92. The van der Waals surface area contributed by atoms with Gasteiger partial charge < -0.3 is 14.8 Å². The highest BCUT2D eigenvalue weighted by Gasteiger charge is 2.03. The van der Waals surface area contributed by atoms with Crippen molar-refractivity contribution < 1.29 is 9.47 Å². The molecule has 1 N–H and O–H groups in total. The van der Waals surface area contributed by atoms with Gasteiger partial charge in [0.05, 0.1) is 29.9 Å². The van der Waals surface area contributed by atoms with E-state index < -0.39 is 0 Å². The highest BCUT2D eigenvalue weighted by atomic mass is 16.5. The van der Waals surface area contributed by atoms with E-state index in [4.69, 9.17) is 9.47 Å². The molecule has 0 saturated carbocycles. The molecule has 6 heteroatoms. The molecule has 0 atom stereocenters. The van der Waals surface area contributed by atoms with Gasteiger partial charge in [0.25, 0.3) is 0 Å². The minimum atomic E-state index is 0.491. The van der Waals surface area contributed by atoms with E-state index in [1.54, 1.807) is 13.3 Å². The summed E-state index contributed by atoms with van der Waals surface area (Å²) in [4.78, 5) is 4.37. The molecule has 2 heterocycles. The quantitative estimate of drug-likeness (QED) is 0.745. The largest absolute Gasteiger partial charge is 0.486 e. The predicted molar refractivity (Wildman–Crippen MR) is 80.1 cm³/mol. The van der Waals surface area contributed by atoms with Gasteiger partial charge in [-0.15, -0.1) is 0 Å². The lowest BCUT2D eigenvalue weighted by molar-refractivity contribution is 0.199. The Morgan fingerprint density at radius 1 is 1.33 bits per heavy atom. The third-order valence-corrected chi connectivity index (χ3v) is 3.07. The highest BCUT2D eigenvalue weighted by molar-refractivity contribution is 5.20. The van der Waals surface area contributed by atoms with E-state index in [-0.39, 0.29) is 0 Å². The molecule has 2 aromatic heterocycles. The van der Waals surface area contributed by atoms with Gasteiger partial charge in [-0.2, -0.15) is 5.10 Å². The van der Waals surface area contributed by atoms with E-state index in [0.717, 1.165) is 35.9 Å². The molecule has 0 saturated heterocycles. The lowest BCUT2D eigenvalue weighted by Gasteiger charge is -2.07. The van der Waals surface area contributed by atoms with Crippen LogP contribution in [0, 0.1) is 6.92 Å². The van der Waals surface area contributed by atoms with Crippen LogP contribution in [0.4, 0.5) is 0 Å². The number of aromatic nitrogens is 3. The maximum atomic E-state index is 5.72. The fourth-order valence-electron chi connectivity index (χ4n) is 1.95. The van der Waals surface area contributed by atoms with Gasteiger partial charge in [0.1, 0.15) is 12.4 Å². The first-order chi connectivity index (χ1) is 10.2. The summed E-state index contributed by atoms with van der Waals surface area (Å²) in [5.41, 5.74) is 3.01. The Morgan fingerprint density at radius 3 is 2.81 bits per heavy atom. The lowest BCUT2D eigenvalue weighted by atomic mass is 10.3. The molecule has 0 aromatic carbocycles.